The zero-order valence-electron chi connectivity index (χ0n) is 5.44. The Morgan fingerprint density at radius 2 is 2.33 bits per heavy atom. The normalized spacial score (nSPS) is 16.4. The first-order valence-corrected chi connectivity index (χ1v) is 2.55. The van der Waals surface area contributed by atoms with E-state index in [0.717, 1.165) is 0 Å². The van der Waals surface area contributed by atoms with E-state index in [1.807, 2.05) is 5.32 Å². The van der Waals surface area contributed by atoms with Crippen molar-refractivity contribution in [3.8, 4) is 0 Å². The predicted molar refractivity (Wildman–Crippen MR) is 30.4 cm³/mol. The summed E-state index contributed by atoms with van der Waals surface area (Å²) in [6, 6.07) is 0. The average molecular weight is 135 g/mol. The molecule has 0 aromatic rings. The molecule has 4 heteroatoms. The molecule has 0 aliphatic carbocycles. The highest BCUT2D eigenvalue weighted by molar-refractivity contribution is 5.73. The number of rotatable bonds is 2. The third-order valence-electron chi connectivity index (χ3n) is 0.706. The Bertz CT molecular complexity index is 114. The van der Waals surface area contributed by atoms with Crippen LogP contribution in [0.5, 0.6) is 0 Å². The standard InChI is InChI=1S/C5H10FNO2/c1-4(8)7-5(2,9)3-6/h9H,3H2,1-2H3,(H,7,8). The minimum absolute atomic E-state index is 0.447. The number of aliphatic hydroxyl groups is 1. The first-order valence-electron chi connectivity index (χ1n) is 2.55. The molecule has 54 valence electrons. The molecule has 0 aromatic carbocycles. The van der Waals surface area contributed by atoms with E-state index < -0.39 is 18.3 Å². The van der Waals surface area contributed by atoms with Gasteiger partial charge in [-0.3, -0.25) is 4.79 Å². The molecule has 2 N–H and O–H groups in total. The monoisotopic (exact) mass is 135 g/mol. The van der Waals surface area contributed by atoms with Gasteiger partial charge in [0.25, 0.3) is 0 Å². The lowest BCUT2D eigenvalue weighted by molar-refractivity contribution is -0.126. The van der Waals surface area contributed by atoms with Crippen LogP contribution in [0.3, 0.4) is 0 Å². The lowest BCUT2D eigenvalue weighted by Gasteiger charge is -2.19. The fourth-order valence-corrected chi connectivity index (χ4v) is 0.413. The summed E-state index contributed by atoms with van der Waals surface area (Å²) < 4.78 is 11.7. The van der Waals surface area contributed by atoms with E-state index >= 15 is 0 Å². The first kappa shape index (κ1) is 8.36. The molecular weight excluding hydrogens is 125 g/mol. The van der Waals surface area contributed by atoms with Crippen LogP contribution in [0.1, 0.15) is 13.8 Å². The molecule has 9 heavy (non-hydrogen) atoms. The Hall–Kier alpha value is -0.640. The van der Waals surface area contributed by atoms with Gasteiger partial charge in [0.05, 0.1) is 0 Å². The van der Waals surface area contributed by atoms with Crippen molar-refractivity contribution in [1.29, 1.82) is 0 Å². The van der Waals surface area contributed by atoms with Gasteiger partial charge in [0.15, 0.2) is 5.72 Å². The third-order valence-corrected chi connectivity index (χ3v) is 0.706. The highest BCUT2D eigenvalue weighted by atomic mass is 19.1. The summed E-state index contributed by atoms with van der Waals surface area (Å²) in [7, 11) is 0. The fourth-order valence-electron chi connectivity index (χ4n) is 0.413. The van der Waals surface area contributed by atoms with Crippen LogP contribution < -0.4 is 5.32 Å². The molecule has 0 heterocycles. The minimum Gasteiger partial charge on any atom is -0.369 e. The predicted octanol–water partition coefficient (Wildman–Crippen LogP) is -0.199. The van der Waals surface area contributed by atoms with E-state index in [9.17, 15) is 9.18 Å². The molecule has 3 nitrogen and oxygen atoms in total. The third kappa shape index (κ3) is 3.90. The second kappa shape index (κ2) is 2.77. The van der Waals surface area contributed by atoms with Gasteiger partial charge in [-0.15, -0.1) is 0 Å². The molecular formula is C5H10FNO2. The molecule has 0 spiro atoms. The first-order chi connectivity index (χ1) is 3.98. The van der Waals surface area contributed by atoms with Crippen LogP contribution in [0.15, 0.2) is 0 Å². The molecule has 0 rings (SSSR count). The number of hydrogen-bond donors (Lipinski definition) is 2. The molecule has 0 aliphatic rings. The smallest absolute Gasteiger partial charge is 0.219 e. The van der Waals surface area contributed by atoms with Gasteiger partial charge >= 0.3 is 0 Å². The Morgan fingerprint density at radius 1 is 1.89 bits per heavy atom. The van der Waals surface area contributed by atoms with E-state index in [2.05, 4.69) is 0 Å². The molecule has 0 saturated carbocycles. The van der Waals surface area contributed by atoms with Crippen LogP contribution in [0.25, 0.3) is 0 Å². The Kier molecular flexibility index (Phi) is 2.58. The number of carbonyl (C=O) groups excluding carboxylic acids is 1. The van der Waals surface area contributed by atoms with Crippen molar-refractivity contribution in [2.75, 3.05) is 6.67 Å². The van der Waals surface area contributed by atoms with Gasteiger partial charge in [0, 0.05) is 6.92 Å². The molecule has 1 atom stereocenters. The van der Waals surface area contributed by atoms with Crippen molar-refractivity contribution in [1.82, 2.24) is 5.32 Å². The number of carbonyl (C=O) groups is 1. The van der Waals surface area contributed by atoms with Crippen molar-refractivity contribution in [2.24, 2.45) is 0 Å². The molecule has 0 bridgehead atoms. The van der Waals surface area contributed by atoms with Gasteiger partial charge in [-0.1, -0.05) is 0 Å². The van der Waals surface area contributed by atoms with E-state index in [1.54, 1.807) is 0 Å². The second-order valence-corrected chi connectivity index (χ2v) is 2.09. The molecule has 1 amide bonds. The molecule has 1 unspecified atom stereocenters. The highest BCUT2D eigenvalue weighted by Gasteiger charge is 2.19. The molecule has 0 fully saturated rings. The lowest BCUT2D eigenvalue weighted by atomic mass is 10.3. The van der Waals surface area contributed by atoms with E-state index in [1.165, 1.54) is 13.8 Å². The van der Waals surface area contributed by atoms with Crippen molar-refractivity contribution >= 4 is 5.91 Å². The Balaban J connectivity index is 3.71. The van der Waals surface area contributed by atoms with Gasteiger partial charge in [-0.25, -0.2) is 4.39 Å². The zero-order valence-corrected chi connectivity index (χ0v) is 5.44. The number of halogens is 1. The van der Waals surface area contributed by atoms with Crippen molar-refractivity contribution in [3.05, 3.63) is 0 Å². The summed E-state index contributed by atoms with van der Waals surface area (Å²) in [6.07, 6.45) is 0. The van der Waals surface area contributed by atoms with Crippen molar-refractivity contribution in [3.63, 3.8) is 0 Å². The van der Waals surface area contributed by atoms with Crippen LogP contribution in [0.2, 0.25) is 0 Å². The van der Waals surface area contributed by atoms with Gasteiger partial charge in [0.1, 0.15) is 6.67 Å². The summed E-state index contributed by atoms with van der Waals surface area (Å²) in [5, 5.41) is 10.8. The second-order valence-electron chi connectivity index (χ2n) is 2.09. The largest absolute Gasteiger partial charge is 0.369 e. The maximum absolute atomic E-state index is 11.7. The van der Waals surface area contributed by atoms with Gasteiger partial charge in [0.2, 0.25) is 5.91 Å². The SMILES string of the molecule is CC(=O)NC(C)(O)CF. The summed E-state index contributed by atoms with van der Waals surface area (Å²) >= 11 is 0. The number of hydrogen-bond acceptors (Lipinski definition) is 2. The maximum atomic E-state index is 11.7. The molecule has 0 aromatic heterocycles. The fraction of sp³-hybridized carbons (Fsp3) is 0.800. The number of nitrogens with one attached hydrogen (secondary N) is 1. The van der Waals surface area contributed by atoms with Gasteiger partial charge in [-0.05, 0) is 6.92 Å². The zero-order chi connectivity index (χ0) is 7.49. The van der Waals surface area contributed by atoms with Crippen molar-refractivity contribution < 1.29 is 14.3 Å². The van der Waals surface area contributed by atoms with Gasteiger partial charge in [-0.2, -0.15) is 0 Å². The highest BCUT2D eigenvalue weighted by Crippen LogP contribution is 1.96. The van der Waals surface area contributed by atoms with Crippen LogP contribution in [-0.2, 0) is 4.79 Å². The minimum atomic E-state index is -1.70. The lowest BCUT2D eigenvalue weighted by Crippen LogP contribution is -2.46. The molecule has 0 radical (unpaired) electrons. The van der Waals surface area contributed by atoms with E-state index in [-0.39, 0.29) is 0 Å². The van der Waals surface area contributed by atoms with Crippen LogP contribution >= 0.6 is 0 Å². The van der Waals surface area contributed by atoms with Crippen molar-refractivity contribution in [2.45, 2.75) is 19.6 Å². The van der Waals surface area contributed by atoms with Crippen LogP contribution in [0, 0.1) is 0 Å². The summed E-state index contributed by atoms with van der Waals surface area (Å²) in [6.45, 7) is 1.42. The average Bonchev–Trinajstić information content (AvgIpc) is 1.63. The van der Waals surface area contributed by atoms with E-state index in [4.69, 9.17) is 5.11 Å². The summed E-state index contributed by atoms with van der Waals surface area (Å²) in [5.74, 6) is -0.447. The summed E-state index contributed by atoms with van der Waals surface area (Å²) in [4.78, 5) is 10.2. The molecule has 0 aliphatic heterocycles. The maximum Gasteiger partial charge on any atom is 0.219 e. The van der Waals surface area contributed by atoms with Crippen LogP contribution in [-0.4, -0.2) is 23.4 Å². The number of amides is 1. The Labute approximate surface area is 52.9 Å². The Morgan fingerprint density at radius 3 is 2.44 bits per heavy atom. The quantitative estimate of drug-likeness (QED) is 0.515. The molecule has 0 saturated heterocycles. The van der Waals surface area contributed by atoms with E-state index in [0.29, 0.717) is 0 Å². The van der Waals surface area contributed by atoms with Gasteiger partial charge < -0.3 is 10.4 Å². The number of alkyl halides is 1. The topological polar surface area (TPSA) is 49.3 Å². The summed E-state index contributed by atoms with van der Waals surface area (Å²) in [5.41, 5.74) is -1.70. The van der Waals surface area contributed by atoms with Crippen LogP contribution in [0.4, 0.5) is 4.39 Å².